The summed E-state index contributed by atoms with van der Waals surface area (Å²) >= 11 is 11.8. The summed E-state index contributed by atoms with van der Waals surface area (Å²) in [6.45, 7) is 3.53. The second kappa shape index (κ2) is 8.44. The molecular formula is C17H17Cl2FN3O3+. The molecule has 138 valence electrons. The van der Waals surface area contributed by atoms with Gasteiger partial charge in [0.1, 0.15) is 11.9 Å². The third kappa shape index (κ3) is 4.91. The molecule has 9 heteroatoms. The first-order valence-corrected chi connectivity index (χ1v) is 8.47. The van der Waals surface area contributed by atoms with Gasteiger partial charge in [0.2, 0.25) is 0 Å². The smallest absolute Gasteiger partial charge is 0.279 e. The summed E-state index contributed by atoms with van der Waals surface area (Å²) in [5.41, 5.74) is 1.58. The third-order valence-electron chi connectivity index (χ3n) is 3.88. The van der Waals surface area contributed by atoms with Crippen molar-refractivity contribution in [3.63, 3.8) is 0 Å². The number of nitro benzene ring substituents is 1. The lowest BCUT2D eigenvalue weighted by Gasteiger charge is -2.14. The number of halogens is 3. The highest BCUT2D eigenvalue weighted by Gasteiger charge is 2.18. The van der Waals surface area contributed by atoms with Crippen molar-refractivity contribution in [1.82, 2.24) is 0 Å². The molecule has 2 rings (SSSR count). The van der Waals surface area contributed by atoms with Crippen molar-refractivity contribution in [3.8, 4) is 0 Å². The van der Waals surface area contributed by atoms with Crippen LogP contribution in [0.25, 0.3) is 0 Å². The van der Waals surface area contributed by atoms with E-state index >= 15 is 0 Å². The van der Waals surface area contributed by atoms with Crippen molar-refractivity contribution in [2.45, 2.75) is 19.9 Å². The number of nitrogens with zero attached hydrogens (tertiary/aromatic N) is 1. The number of nitro groups is 1. The molecule has 0 heterocycles. The van der Waals surface area contributed by atoms with Gasteiger partial charge in [0.25, 0.3) is 11.6 Å². The molecule has 0 saturated heterocycles. The van der Waals surface area contributed by atoms with Crippen LogP contribution in [0, 0.1) is 22.9 Å². The maximum atomic E-state index is 13.6. The van der Waals surface area contributed by atoms with Crippen LogP contribution in [0.3, 0.4) is 0 Å². The molecule has 0 aliphatic heterocycles. The zero-order valence-electron chi connectivity index (χ0n) is 14.1. The summed E-state index contributed by atoms with van der Waals surface area (Å²) in [5.74, 6) is -0.864. The van der Waals surface area contributed by atoms with Crippen molar-refractivity contribution in [3.05, 3.63) is 67.4 Å². The molecule has 0 aliphatic carbocycles. The SMILES string of the molecule is Cc1cc([N+](=O)[O-])ccc1NC(=O)C[NH2+][C@@H](C)c1cc(F)c(Cl)cc1Cl. The Morgan fingerprint density at radius 1 is 1.31 bits per heavy atom. The molecular weight excluding hydrogens is 384 g/mol. The molecule has 1 amide bonds. The third-order valence-corrected chi connectivity index (χ3v) is 4.50. The van der Waals surface area contributed by atoms with Crippen molar-refractivity contribution in [2.75, 3.05) is 11.9 Å². The Bertz CT molecular complexity index is 861. The first-order valence-electron chi connectivity index (χ1n) is 7.71. The molecule has 2 aromatic rings. The van der Waals surface area contributed by atoms with Crippen LogP contribution in [0.4, 0.5) is 15.8 Å². The quantitative estimate of drug-likeness (QED) is 0.440. The first kappa shape index (κ1) is 20.1. The zero-order valence-corrected chi connectivity index (χ0v) is 15.6. The van der Waals surface area contributed by atoms with Gasteiger partial charge in [0.05, 0.1) is 15.0 Å². The van der Waals surface area contributed by atoms with Gasteiger partial charge in [-0.15, -0.1) is 0 Å². The summed E-state index contributed by atoms with van der Waals surface area (Å²) in [7, 11) is 0. The lowest BCUT2D eigenvalue weighted by atomic mass is 10.1. The second-order valence-electron chi connectivity index (χ2n) is 5.82. The number of hydrogen-bond acceptors (Lipinski definition) is 3. The van der Waals surface area contributed by atoms with Gasteiger partial charge in [-0.25, -0.2) is 4.39 Å². The van der Waals surface area contributed by atoms with E-state index in [1.807, 2.05) is 0 Å². The number of non-ortho nitro benzene ring substituents is 1. The first-order chi connectivity index (χ1) is 12.2. The van der Waals surface area contributed by atoms with Crippen LogP contribution in [0.1, 0.15) is 24.1 Å². The summed E-state index contributed by atoms with van der Waals surface area (Å²) in [5, 5.41) is 15.4. The standard InChI is InChI=1S/C17H16Cl2FN3O3/c1-9-5-11(23(25)26)3-4-16(9)22-17(24)8-21-10(2)12-6-15(20)14(19)7-13(12)18/h3-7,10,21H,8H2,1-2H3,(H,22,24)/p+1/t10-/m0/s1. The molecule has 0 unspecified atom stereocenters. The maximum Gasteiger partial charge on any atom is 0.279 e. The van der Waals surface area contributed by atoms with Gasteiger partial charge in [-0.1, -0.05) is 23.2 Å². The normalized spacial score (nSPS) is 11.9. The maximum absolute atomic E-state index is 13.6. The van der Waals surface area contributed by atoms with Gasteiger partial charge in [-0.2, -0.15) is 0 Å². The number of rotatable bonds is 6. The molecule has 0 saturated carbocycles. The fourth-order valence-corrected chi connectivity index (χ4v) is 2.96. The topological polar surface area (TPSA) is 88.9 Å². The Morgan fingerprint density at radius 2 is 2.00 bits per heavy atom. The van der Waals surface area contributed by atoms with Crippen molar-refractivity contribution in [2.24, 2.45) is 0 Å². The number of anilines is 1. The van der Waals surface area contributed by atoms with Gasteiger partial charge in [-0.05, 0) is 37.6 Å². The fourth-order valence-electron chi connectivity index (χ4n) is 2.40. The molecule has 0 fully saturated rings. The minimum Gasteiger partial charge on any atom is -0.332 e. The number of nitrogens with one attached hydrogen (secondary N) is 1. The average Bonchev–Trinajstić information content (AvgIpc) is 2.57. The number of aryl methyl sites for hydroxylation is 1. The van der Waals surface area contributed by atoms with Gasteiger partial charge < -0.3 is 10.6 Å². The predicted molar refractivity (Wildman–Crippen MR) is 98.1 cm³/mol. The highest BCUT2D eigenvalue weighted by molar-refractivity contribution is 6.35. The van der Waals surface area contributed by atoms with Gasteiger partial charge in [0.15, 0.2) is 6.54 Å². The van der Waals surface area contributed by atoms with E-state index in [0.29, 0.717) is 21.8 Å². The zero-order chi connectivity index (χ0) is 19.4. The molecule has 0 aliphatic rings. The number of hydrogen-bond donors (Lipinski definition) is 2. The molecule has 1 atom stereocenters. The highest BCUT2D eigenvalue weighted by Crippen LogP contribution is 2.27. The van der Waals surface area contributed by atoms with Crippen LogP contribution < -0.4 is 10.6 Å². The summed E-state index contributed by atoms with van der Waals surface area (Å²) in [4.78, 5) is 22.4. The summed E-state index contributed by atoms with van der Waals surface area (Å²) in [6, 6.07) is 6.52. The van der Waals surface area contributed by atoms with E-state index in [1.54, 1.807) is 19.2 Å². The molecule has 3 N–H and O–H groups in total. The number of quaternary nitrogens is 1. The van der Waals surface area contributed by atoms with Gasteiger partial charge in [-0.3, -0.25) is 14.9 Å². The molecule has 0 aromatic heterocycles. The fraction of sp³-hybridized carbons (Fsp3) is 0.235. The van der Waals surface area contributed by atoms with E-state index in [-0.39, 0.29) is 29.2 Å². The number of carbonyl (C=O) groups excluding carboxylic acids is 1. The molecule has 2 aromatic carbocycles. The summed E-state index contributed by atoms with van der Waals surface area (Å²) < 4.78 is 13.6. The molecule has 6 nitrogen and oxygen atoms in total. The molecule has 0 spiro atoms. The van der Waals surface area contributed by atoms with Gasteiger partial charge in [0, 0.05) is 23.4 Å². The van der Waals surface area contributed by atoms with E-state index in [0.717, 1.165) is 0 Å². The monoisotopic (exact) mass is 400 g/mol. The Labute approximate surface area is 159 Å². The molecule has 26 heavy (non-hydrogen) atoms. The minimum atomic E-state index is -0.572. The van der Waals surface area contributed by atoms with E-state index in [9.17, 15) is 19.3 Å². The van der Waals surface area contributed by atoms with Crippen LogP contribution in [-0.2, 0) is 4.79 Å². The van der Waals surface area contributed by atoms with Crippen molar-refractivity contribution < 1.29 is 19.4 Å². The van der Waals surface area contributed by atoms with Crippen LogP contribution >= 0.6 is 23.2 Å². The number of carbonyl (C=O) groups is 1. The van der Waals surface area contributed by atoms with E-state index in [2.05, 4.69) is 5.32 Å². The molecule has 0 bridgehead atoms. The highest BCUT2D eigenvalue weighted by atomic mass is 35.5. The van der Waals surface area contributed by atoms with E-state index < -0.39 is 10.7 Å². The second-order valence-corrected chi connectivity index (χ2v) is 6.64. The van der Waals surface area contributed by atoms with E-state index in [1.165, 1.54) is 30.3 Å². The Hall–Kier alpha value is -2.22. The number of amides is 1. The minimum absolute atomic E-state index is 0.0416. The Kier molecular flexibility index (Phi) is 6.52. The Morgan fingerprint density at radius 3 is 2.62 bits per heavy atom. The lowest BCUT2D eigenvalue weighted by molar-refractivity contribution is -0.682. The largest absolute Gasteiger partial charge is 0.332 e. The van der Waals surface area contributed by atoms with E-state index in [4.69, 9.17) is 23.2 Å². The average molecular weight is 401 g/mol. The van der Waals surface area contributed by atoms with Crippen LogP contribution in [0.15, 0.2) is 30.3 Å². The number of nitrogens with two attached hydrogens (primary N) is 1. The predicted octanol–water partition coefficient (Wildman–Crippen LogP) is 3.61. The molecule has 0 radical (unpaired) electrons. The van der Waals surface area contributed by atoms with Crippen LogP contribution in [0.2, 0.25) is 10.0 Å². The number of benzene rings is 2. The Balaban J connectivity index is 1.99. The van der Waals surface area contributed by atoms with Gasteiger partial charge >= 0.3 is 0 Å². The van der Waals surface area contributed by atoms with Crippen LogP contribution in [-0.4, -0.2) is 17.4 Å². The van der Waals surface area contributed by atoms with Crippen molar-refractivity contribution in [1.29, 1.82) is 0 Å². The van der Waals surface area contributed by atoms with Crippen LogP contribution in [0.5, 0.6) is 0 Å². The lowest BCUT2D eigenvalue weighted by Crippen LogP contribution is -2.86. The van der Waals surface area contributed by atoms with Crippen molar-refractivity contribution >= 4 is 40.5 Å². The summed E-state index contributed by atoms with van der Waals surface area (Å²) in [6.07, 6.45) is 0.